The molecule has 0 radical (unpaired) electrons. The third-order valence-corrected chi connectivity index (χ3v) is 5.68. The van der Waals surface area contributed by atoms with E-state index in [1.54, 1.807) is 6.07 Å². The molecule has 0 saturated carbocycles. The number of hydrogen-bond acceptors (Lipinski definition) is 5. The fourth-order valence-corrected chi connectivity index (χ4v) is 3.77. The Kier molecular flexibility index (Phi) is 4.99. The smallest absolute Gasteiger partial charge is 0.175 e. The van der Waals surface area contributed by atoms with Crippen LogP contribution in [0.5, 0.6) is 0 Å². The third kappa shape index (κ3) is 3.80. The van der Waals surface area contributed by atoms with Crippen LogP contribution in [-0.4, -0.2) is 35.4 Å². The summed E-state index contributed by atoms with van der Waals surface area (Å²) in [6, 6.07) is 4.02. The second-order valence-electron chi connectivity index (χ2n) is 5.10. The van der Waals surface area contributed by atoms with Gasteiger partial charge in [0.1, 0.15) is 0 Å². The molecule has 0 spiro atoms. The first-order valence-electron chi connectivity index (χ1n) is 6.28. The quantitative estimate of drug-likeness (QED) is 0.883. The van der Waals surface area contributed by atoms with E-state index in [4.69, 9.17) is 5.73 Å². The van der Waals surface area contributed by atoms with Crippen molar-refractivity contribution < 1.29 is 16.8 Å². The Morgan fingerprint density at radius 2 is 1.65 bits per heavy atom. The summed E-state index contributed by atoms with van der Waals surface area (Å²) in [4.78, 5) is 0.0377. The largest absolute Gasteiger partial charge is 0.327 e. The van der Waals surface area contributed by atoms with Gasteiger partial charge in [0.05, 0.1) is 9.79 Å². The van der Waals surface area contributed by atoms with Crippen molar-refractivity contribution in [3.63, 3.8) is 0 Å². The molecule has 2 unspecified atom stereocenters. The van der Waals surface area contributed by atoms with Crippen molar-refractivity contribution in [1.82, 2.24) is 0 Å². The number of hydrogen-bond donors (Lipinski definition) is 1. The van der Waals surface area contributed by atoms with Crippen molar-refractivity contribution in [3.05, 3.63) is 23.8 Å². The highest BCUT2D eigenvalue weighted by Crippen LogP contribution is 2.29. The van der Waals surface area contributed by atoms with Crippen LogP contribution in [-0.2, 0) is 19.7 Å². The maximum atomic E-state index is 11.9. The summed E-state index contributed by atoms with van der Waals surface area (Å²) in [5.74, 6) is -0.168. The Balaban J connectivity index is 3.56. The molecule has 1 aromatic carbocycles. The summed E-state index contributed by atoms with van der Waals surface area (Å²) < 4.78 is 47.0. The summed E-state index contributed by atoms with van der Waals surface area (Å²) in [6.07, 6.45) is 2.83. The second-order valence-corrected chi connectivity index (χ2v) is 9.10. The minimum absolute atomic E-state index is 0.000977. The van der Waals surface area contributed by atoms with Gasteiger partial charge >= 0.3 is 0 Å². The first-order chi connectivity index (χ1) is 8.98. The van der Waals surface area contributed by atoms with Gasteiger partial charge in [-0.15, -0.1) is 0 Å². The van der Waals surface area contributed by atoms with Gasteiger partial charge < -0.3 is 5.73 Å². The first kappa shape index (κ1) is 17.1. The zero-order chi connectivity index (χ0) is 15.7. The van der Waals surface area contributed by atoms with Crippen molar-refractivity contribution in [1.29, 1.82) is 0 Å². The SMILES string of the molecule is CCC(N)C(C)c1ccc(S(C)(=O)=O)cc1S(C)(=O)=O. The van der Waals surface area contributed by atoms with E-state index in [0.29, 0.717) is 12.0 Å². The monoisotopic (exact) mass is 319 g/mol. The number of sulfone groups is 2. The molecule has 114 valence electrons. The highest BCUT2D eigenvalue weighted by atomic mass is 32.2. The van der Waals surface area contributed by atoms with Crippen LogP contribution < -0.4 is 5.73 Å². The van der Waals surface area contributed by atoms with E-state index in [1.807, 2.05) is 13.8 Å². The first-order valence-corrected chi connectivity index (χ1v) is 10.1. The minimum atomic E-state index is -3.52. The minimum Gasteiger partial charge on any atom is -0.327 e. The molecule has 2 atom stereocenters. The summed E-state index contributed by atoms with van der Waals surface area (Å²) in [5.41, 5.74) is 6.54. The van der Waals surface area contributed by atoms with E-state index in [1.165, 1.54) is 12.1 Å². The van der Waals surface area contributed by atoms with Crippen LogP contribution in [0.2, 0.25) is 0 Å². The molecule has 0 amide bonds. The molecule has 0 saturated heterocycles. The Morgan fingerprint density at radius 1 is 1.10 bits per heavy atom. The fraction of sp³-hybridized carbons (Fsp3) is 0.538. The molecule has 0 bridgehead atoms. The third-order valence-electron chi connectivity index (χ3n) is 3.42. The molecular weight excluding hydrogens is 298 g/mol. The molecule has 0 aliphatic rings. The lowest BCUT2D eigenvalue weighted by atomic mass is 9.92. The molecule has 0 aromatic heterocycles. The van der Waals surface area contributed by atoms with Crippen LogP contribution in [0.3, 0.4) is 0 Å². The van der Waals surface area contributed by atoms with Gasteiger partial charge in [0, 0.05) is 18.6 Å². The van der Waals surface area contributed by atoms with Gasteiger partial charge in [0.15, 0.2) is 19.7 Å². The topological polar surface area (TPSA) is 94.3 Å². The zero-order valence-electron chi connectivity index (χ0n) is 12.1. The summed E-state index contributed by atoms with van der Waals surface area (Å²) in [5, 5.41) is 0. The van der Waals surface area contributed by atoms with Crippen molar-refractivity contribution in [3.8, 4) is 0 Å². The van der Waals surface area contributed by atoms with E-state index >= 15 is 0 Å². The maximum Gasteiger partial charge on any atom is 0.175 e. The average Bonchev–Trinajstić information content (AvgIpc) is 2.34. The van der Waals surface area contributed by atoms with E-state index in [9.17, 15) is 16.8 Å². The lowest BCUT2D eigenvalue weighted by Crippen LogP contribution is -2.26. The molecule has 0 heterocycles. The standard InChI is InChI=1S/C13H21NO4S2/c1-5-12(14)9(2)11-7-6-10(19(3,15)16)8-13(11)20(4,17)18/h6-9,12H,5,14H2,1-4H3. The van der Waals surface area contributed by atoms with Crippen molar-refractivity contribution in [2.24, 2.45) is 5.73 Å². The average molecular weight is 319 g/mol. The predicted octanol–water partition coefficient (Wildman–Crippen LogP) is 1.33. The highest BCUT2D eigenvalue weighted by molar-refractivity contribution is 7.91. The molecule has 1 aromatic rings. The normalized spacial score (nSPS) is 15.8. The molecule has 0 aliphatic heterocycles. The molecule has 0 aliphatic carbocycles. The summed E-state index contributed by atoms with van der Waals surface area (Å²) >= 11 is 0. The van der Waals surface area contributed by atoms with E-state index in [0.717, 1.165) is 12.5 Å². The molecule has 2 N–H and O–H groups in total. The van der Waals surface area contributed by atoms with Crippen LogP contribution >= 0.6 is 0 Å². The molecule has 0 fully saturated rings. The van der Waals surface area contributed by atoms with E-state index in [-0.39, 0.29) is 21.8 Å². The number of benzene rings is 1. The molecule has 20 heavy (non-hydrogen) atoms. The Bertz CT molecular complexity index is 693. The van der Waals surface area contributed by atoms with Crippen LogP contribution in [0.25, 0.3) is 0 Å². The molecule has 7 heteroatoms. The summed E-state index contributed by atoms with van der Waals surface area (Å²) in [6.45, 7) is 3.77. The highest BCUT2D eigenvalue weighted by Gasteiger charge is 2.23. The van der Waals surface area contributed by atoms with Gasteiger partial charge in [0.2, 0.25) is 0 Å². The van der Waals surface area contributed by atoms with Crippen LogP contribution in [0.4, 0.5) is 0 Å². The summed E-state index contributed by atoms with van der Waals surface area (Å²) in [7, 11) is -6.97. The van der Waals surface area contributed by atoms with Crippen molar-refractivity contribution >= 4 is 19.7 Å². The number of rotatable bonds is 5. The van der Waals surface area contributed by atoms with Gasteiger partial charge in [-0.3, -0.25) is 0 Å². The van der Waals surface area contributed by atoms with E-state index in [2.05, 4.69) is 0 Å². The Labute approximate surface area is 121 Å². The van der Waals surface area contributed by atoms with Gasteiger partial charge in [-0.1, -0.05) is 19.9 Å². The van der Waals surface area contributed by atoms with Gasteiger partial charge in [-0.2, -0.15) is 0 Å². The van der Waals surface area contributed by atoms with Crippen molar-refractivity contribution in [2.75, 3.05) is 12.5 Å². The van der Waals surface area contributed by atoms with E-state index < -0.39 is 19.7 Å². The van der Waals surface area contributed by atoms with Crippen molar-refractivity contribution in [2.45, 2.75) is 42.0 Å². The van der Waals surface area contributed by atoms with Crippen LogP contribution in [0.15, 0.2) is 28.0 Å². The van der Waals surface area contributed by atoms with Crippen LogP contribution in [0, 0.1) is 0 Å². The molecule has 5 nitrogen and oxygen atoms in total. The van der Waals surface area contributed by atoms with Gasteiger partial charge in [-0.05, 0) is 30.0 Å². The maximum absolute atomic E-state index is 11.9. The predicted molar refractivity (Wildman–Crippen MR) is 79.3 cm³/mol. The molecule has 1 rings (SSSR count). The Morgan fingerprint density at radius 3 is 2.05 bits per heavy atom. The molecular formula is C13H21NO4S2. The second kappa shape index (κ2) is 5.83. The lowest BCUT2D eigenvalue weighted by Gasteiger charge is -2.21. The Hall–Kier alpha value is -0.920. The van der Waals surface area contributed by atoms with Gasteiger partial charge in [-0.25, -0.2) is 16.8 Å². The van der Waals surface area contributed by atoms with Gasteiger partial charge in [0.25, 0.3) is 0 Å². The number of nitrogens with two attached hydrogens (primary N) is 1. The lowest BCUT2D eigenvalue weighted by molar-refractivity contribution is 0.540. The zero-order valence-corrected chi connectivity index (χ0v) is 13.8. The van der Waals surface area contributed by atoms with Crippen LogP contribution in [0.1, 0.15) is 31.7 Å². The fourth-order valence-electron chi connectivity index (χ4n) is 2.03.